The molecule has 0 atom stereocenters. The molecule has 3 aromatic rings. The van der Waals surface area contributed by atoms with Crippen LogP contribution >= 0.6 is 11.8 Å². The van der Waals surface area contributed by atoms with Crippen LogP contribution < -0.4 is 5.73 Å². The topological polar surface area (TPSA) is 56.7 Å². The molecule has 0 saturated heterocycles. The Morgan fingerprint density at radius 1 is 1.28 bits per heavy atom. The second-order valence-corrected chi connectivity index (χ2v) is 5.11. The van der Waals surface area contributed by atoms with Crippen molar-refractivity contribution in [3.63, 3.8) is 0 Å². The number of benzene rings is 1. The van der Waals surface area contributed by atoms with Crippen LogP contribution in [0.15, 0.2) is 30.5 Å². The average molecular weight is 258 g/mol. The Morgan fingerprint density at radius 2 is 2.11 bits per heavy atom. The number of rotatable bonds is 3. The molecule has 2 N–H and O–H groups in total. The third-order valence-corrected chi connectivity index (χ3v) is 3.62. The maximum absolute atomic E-state index is 6.00. The first kappa shape index (κ1) is 11.3. The lowest BCUT2D eigenvalue weighted by Gasteiger charge is -2.06. The van der Waals surface area contributed by atoms with E-state index in [1.807, 2.05) is 18.2 Å². The predicted octanol–water partition coefficient (Wildman–Crippen LogP) is 2.53. The third kappa shape index (κ3) is 1.71. The highest BCUT2D eigenvalue weighted by molar-refractivity contribution is 7.98. The number of para-hydroxylation sites is 1. The second kappa shape index (κ2) is 4.49. The minimum Gasteiger partial charge on any atom is -0.369 e. The Kier molecular flexibility index (Phi) is 2.83. The number of hydrogen-bond acceptors (Lipinski definition) is 4. The number of pyridine rings is 1. The number of nitrogens with zero attached hydrogens (tertiary/aromatic N) is 3. The number of imidazole rings is 1. The quantitative estimate of drug-likeness (QED) is 0.784. The molecular weight excluding hydrogens is 244 g/mol. The van der Waals surface area contributed by atoms with Gasteiger partial charge in [-0.05, 0) is 12.3 Å². The molecule has 0 aliphatic rings. The van der Waals surface area contributed by atoms with Crippen LogP contribution in [-0.2, 0) is 6.54 Å². The largest absolute Gasteiger partial charge is 0.369 e. The normalized spacial score (nSPS) is 11.4. The standard InChI is InChI=1S/C13H14N4S/c1-18-7-6-17-12-9-4-2-3-5-10(9)15-8-11(12)16-13(17)14/h2-5,8H,6-7H2,1H3,(H2,14,16). The van der Waals surface area contributed by atoms with Gasteiger partial charge in [0.25, 0.3) is 0 Å². The van der Waals surface area contributed by atoms with E-state index in [1.165, 1.54) is 0 Å². The van der Waals surface area contributed by atoms with Gasteiger partial charge < -0.3 is 10.3 Å². The van der Waals surface area contributed by atoms with Crippen molar-refractivity contribution in [3.8, 4) is 0 Å². The van der Waals surface area contributed by atoms with Crippen molar-refractivity contribution < 1.29 is 0 Å². The second-order valence-electron chi connectivity index (χ2n) is 4.12. The maximum Gasteiger partial charge on any atom is 0.201 e. The van der Waals surface area contributed by atoms with Crippen molar-refractivity contribution in [2.75, 3.05) is 17.7 Å². The van der Waals surface area contributed by atoms with Gasteiger partial charge in [-0.3, -0.25) is 4.98 Å². The fourth-order valence-corrected chi connectivity index (χ4v) is 2.55. The summed E-state index contributed by atoms with van der Waals surface area (Å²) in [6.45, 7) is 0.873. The molecule has 5 heteroatoms. The number of nitrogens with two attached hydrogens (primary N) is 1. The molecule has 3 rings (SSSR count). The summed E-state index contributed by atoms with van der Waals surface area (Å²) in [4.78, 5) is 8.79. The number of hydrogen-bond donors (Lipinski definition) is 1. The van der Waals surface area contributed by atoms with E-state index in [9.17, 15) is 0 Å². The molecule has 1 aromatic carbocycles. The minimum absolute atomic E-state index is 0.567. The first-order chi connectivity index (χ1) is 8.81. The Balaban J connectivity index is 2.32. The number of thioether (sulfide) groups is 1. The van der Waals surface area contributed by atoms with E-state index in [1.54, 1.807) is 18.0 Å². The molecule has 92 valence electrons. The highest BCUT2D eigenvalue weighted by atomic mass is 32.2. The fraction of sp³-hybridized carbons (Fsp3) is 0.231. The van der Waals surface area contributed by atoms with Crippen molar-refractivity contribution in [1.29, 1.82) is 0 Å². The lowest BCUT2D eigenvalue weighted by Crippen LogP contribution is -2.05. The molecule has 0 aliphatic carbocycles. The first-order valence-corrected chi connectivity index (χ1v) is 7.19. The lowest BCUT2D eigenvalue weighted by atomic mass is 10.2. The summed E-state index contributed by atoms with van der Waals surface area (Å²) in [5, 5.41) is 1.11. The van der Waals surface area contributed by atoms with Crippen molar-refractivity contribution in [3.05, 3.63) is 30.5 Å². The number of aryl methyl sites for hydroxylation is 1. The molecule has 0 saturated carbocycles. The zero-order valence-electron chi connectivity index (χ0n) is 10.1. The monoisotopic (exact) mass is 258 g/mol. The molecule has 2 heterocycles. The molecule has 0 amide bonds. The summed E-state index contributed by atoms with van der Waals surface area (Å²) in [5.74, 6) is 1.59. The van der Waals surface area contributed by atoms with E-state index in [-0.39, 0.29) is 0 Å². The van der Waals surface area contributed by atoms with E-state index >= 15 is 0 Å². The minimum atomic E-state index is 0.567. The van der Waals surface area contributed by atoms with Crippen LogP contribution in [0.2, 0.25) is 0 Å². The zero-order valence-corrected chi connectivity index (χ0v) is 10.9. The third-order valence-electron chi connectivity index (χ3n) is 3.03. The summed E-state index contributed by atoms with van der Waals surface area (Å²) in [7, 11) is 0. The molecule has 0 radical (unpaired) electrons. The number of nitrogen functional groups attached to an aromatic ring is 1. The molecule has 0 bridgehead atoms. The molecule has 0 aliphatic heterocycles. The van der Waals surface area contributed by atoms with Gasteiger partial charge in [-0.1, -0.05) is 18.2 Å². The van der Waals surface area contributed by atoms with Crippen LogP contribution in [-0.4, -0.2) is 26.5 Å². The van der Waals surface area contributed by atoms with Crippen molar-refractivity contribution in [2.45, 2.75) is 6.54 Å². The fourth-order valence-electron chi connectivity index (χ4n) is 2.19. The first-order valence-electron chi connectivity index (χ1n) is 5.79. The number of fused-ring (bicyclic) bond motifs is 3. The van der Waals surface area contributed by atoms with Gasteiger partial charge in [0.1, 0.15) is 5.52 Å². The van der Waals surface area contributed by atoms with Crippen LogP contribution in [0.3, 0.4) is 0 Å². The van der Waals surface area contributed by atoms with Gasteiger partial charge in [0, 0.05) is 17.7 Å². The van der Waals surface area contributed by atoms with Gasteiger partial charge >= 0.3 is 0 Å². The van der Waals surface area contributed by atoms with Gasteiger partial charge in [0.2, 0.25) is 5.95 Å². The van der Waals surface area contributed by atoms with Crippen LogP contribution in [0, 0.1) is 0 Å². The molecule has 0 unspecified atom stereocenters. The van der Waals surface area contributed by atoms with Gasteiger partial charge in [-0.25, -0.2) is 4.98 Å². The lowest BCUT2D eigenvalue weighted by molar-refractivity contribution is 0.812. The SMILES string of the molecule is CSCCn1c(N)nc2cnc3ccccc3c21. The molecule has 18 heavy (non-hydrogen) atoms. The van der Waals surface area contributed by atoms with Crippen LogP contribution in [0.4, 0.5) is 5.95 Å². The van der Waals surface area contributed by atoms with E-state index in [0.29, 0.717) is 5.95 Å². The van der Waals surface area contributed by atoms with Gasteiger partial charge in [-0.2, -0.15) is 11.8 Å². The summed E-state index contributed by atoms with van der Waals surface area (Å²) < 4.78 is 2.08. The van der Waals surface area contributed by atoms with Gasteiger partial charge in [0.15, 0.2) is 0 Å². The Bertz CT molecular complexity index is 705. The van der Waals surface area contributed by atoms with Crippen LogP contribution in [0.25, 0.3) is 21.9 Å². The Labute approximate surface area is 109 Å². The summed E-state index contributed by atoms with van der Waals surface area (Å²) in [5.41, 5.74) is 8.94. The van der Waals surface area contributed by atoms with Gasteiger partial charge in [0.05, 0.1) is 17.2 Å². The molecular formula is C13H14N4S. The van der Waals surface area contributed by atoms with Crippen LogP contribution in [0.5, 0.6) is 0 Å². The molecule has 0 fully saturated rings. The summed E-state index contributed by atoms with van der Waals surface area (Å²) in [6, 6.07) is 8.09. The van der Waals surface area contributed by atoms with Crippen molar-refractivity contribution in [1.82, 2.24) is 14.5 Å². The van der Waals surface area contributed by atoms with Gasteiger partial charge in [-0.15, -0.1) is 0 Å². The highest BCUT2D eigenvalue weighted by Crippen LogP contribution is 2.25. The van der Waals surface area contributed by atoms with E-state index in [0.717, 1.165) is 34.2 Å². The zero-order chi connectivity index (χ0) is 12.5. The maximum atomic E-state index is 6.00. The van der Waals surface area contributed by atoms with Crippen molar-refractivity contribution in [2.24, 2.45) is 0 Å². The summed E-state index contributed by atoms with van der Waals surface area (Å²) >= 11 is 1.80. The highest BCUT2D eigenvalue weighted by Gasteiger charge is 2.11. The van der Waals surface area contributed by atoms with E-state index in [2.05, 4.69) is 26.9 Å². The summed E-state index contributed by atoms with van der Waals surface area (Å²) in [6.07, 6.45) is 3.89. The molecule has 0 spiro atoms. The predicted molar refractivity (Wildman–Crippen MR) is 77.8 cm³/mol. The molecule has 2 aromatic heterocycles. The average Bonchev–Trinajstić information content (AvgIpc) is 2.72. The number of anilines is 1. The Morgan fingerprint density at radius 3 is 2.94 bits per heavy atom. The van der Waals surface area contributed by atoms with E-state index in [4.69, 9.17) is 5.73 Å². The van der Waals surface area contributed by atoms with Crippen LogP contribution in [0.1, 0.15) is 0 Å². The smallest absolute Gasteiger partial charge is 0.201 e. The Hall–Kier alpha value is -1.75. The van der Waals surface area contributed by atoms with E-state index < -0.39 is 0 Å². The number of aromatic nitrogens is 3. The van der Waals surface area contributed by atoms with Crippen molar-refractivity contribution >= 4 is 39.6 Å². The molecule has 4 nitrogen and oxygen atoms in total.